The molecule has 0 bridgehead atoms. The summed E-state index contributed by atoms with van der Waals surface area (Å²) in [4.78, 5) is 51.6. The topological polar surface area (TPSA) is 123 Å². The van der Waals surface area contributed by atoms with Crippen LogP contribution in [0.15, 0.2) is 36.4 Å². The number of nitrogen functional groups attached to an aromatic ring is 1. The zero-order valence-electron chi connectivity index (χ0n) is 25.9. The van der Waals surface area contributed by atoms with Crippen molar-refractivity contribution in [2.24, 2.45) is 0 Å². The first kappa shape index (κ1) is 31.9. The minimum absolute atomic E-state index is 0.0459. The number of para-hydroxylation sites is 1. The Bertz CT molecular complexity index is 1330. The third kappa shape index (κ3) is 7.57. The number of hydrogen-bond donors (Lipinski definition) is 3. The summed E-state index contributed by atoms with van der Waals surface area (Å²) in [5.74, 6) is -0.150. The quantitative estimate of drug-likeness (QED) is 0.399. The minimum Gasteiger partial charge on any atom is -0.397 e. The summed E-state index contributed by atoms with van der Waals surface area (Å²) in [6, 6.07) is 11.1. The van der Waals surface area contributed by atoms with Gasteiger partial charge >= 0.3 is 12.1 Å². The van der Waals surface area contributed by atoms with Gasteiger partial charge in [-0.1, -0.05) is 35.9 Å². The van der Waals surface area contributed by atoms with E-state index < -0.39 is 12.1 Å². The molecule has 238 valence electrons. The average molecular weight is 626 g/mol. The molecule has 0 unspecified atom stereocenters. The molecule has 0 saturated carbocycles. The first-order valence-corrected chi connectivity index (χ1v) is 15.9. The van der Waals surface area contributed by atoms with Crippen molar-refractivity contribution in [3.05, 3.63) is 58.1 Å². The molecule has 1 atom stereocenters. The number of piperidine rings is 1. The smallest absolute Gasteiger partial charge is 0.397 e. The number of fused-ring (bicyclic) bond motifs is 1. The van der Waals surface area contributed by atoms with Crippen LogP contribution < -0.4 is 16.4 Å². The molecule has 4 amide bonds. The maximum absolute atomic E-state index is 13.7. The van der Waals surface area contributed by atoms with Crippen LogP contribution in [-0.4, -0.2) is 102 Å². The molecule has 2 aromatic rings. The van der Waals surface area contributed by atoms with Crippen molar-refractivity contribution in [1.29, 1.82) is 0 Å². The van der Waals surface area contributed by atoms with Gasteiger partial charge in [0.1, 0.15) is 6.04 Å². The largest absolute Gasteiger partial charge is 0.426 e. The number of amides is 4. The van der Waals surface area contributed by atoms with Crippen LogP contribution in [0.4, 0.5) is 21.0 Å². The highest BCUT2D eigenvalue weighted by Crippen LogP contribution is 2.26. The summed E-state index contributed by atoms with van der Waals surface area (Å²) in [5, 5.41) is 7.91. The number of nitrogens with two attached hydrogens (primary N) is 1. The molecule has 0 radical (unpaired) electrons. The summed E-state index contributed by atoms with van der Waals surface area (Å²) in [6.45, 7) is 10.5. The molecule has 12 heteroatoms. The van der Waals surface area contributed by atoms with E-state index in [9.17, 15) is 14.4 Å². The Kier molecular flexibility index (Phi) is 10.2. The number of rotatable bonds is 7. The minimum atomic E-state index is -0.827. The molecule has 2 aromatic carbocycles. The van der Waals surface area contributed by atoms with Crippen molar-refractivity contribution < 1.29 is 19.2 Å². The molecule has 3 aliphatic rings. The second-order valence-electron chi connectivity index (χ2n) is 12.2. The second kappa shape index (κ2) is 14.0. The highest BCUT2D eigenvalue weighted by Gasteiger charge is 2.33. The Morgan fingerprint density at radius 1 is 1.07 bits per heavy atom. The van der Waals surface area contributed by atoms with Gasteiger partial charge in [-0.15, -0.1) is 5.06 Å². The molecule has 3 heterocycles. The fourth-order valence-electron chi connectivity index (χ4n) is 6.33. The molecule has 44 heavy (non-hydrogen) atoms. The summed E-state index contributed by atoms with van der Waals surface area (Å²) < 4.78 is 0. The van der Waals surface area contributed by atoms with Gasteiger partial charge in [0.15, 0.2) is 0 Å². The van der Waals surface area contributed by atoms with Gasteiger partial charge < -0.3 is 31.0 Å². The fourth-order valence-corrected chi connectivity index (χ4v) is 6.62. The molecular formula is C32H44ClN7O4. The number of urea groups is 1. The summed E-state index contributed by atoms with van der Waals surface area (Å²) in [6.07, 6.45) is 1.71. The summed E-state index contributed by atoms with van der Waals surface area (Å²) in [7, 11) is 0. The third-order valence-corrected chi connectivity index (χ3v) is 9.31. The Labute approximate surface area is 264 Å². The number of nitrogens with zero attached hydrogens (tertiary/aromatic N) is 4. The lowest BCUT2D eigenvalue weighted by molar-refractivity contribution is -0.137. The van der Waals surface area contributed by atoms with Gasteiger partial charge in [-0.3, -0.25) is 9.69 Å². The van der Waals surface area contributed by atoms with Crippen molar-refractivity contribution in [1.82, 2.24) is 25.1 Å². The fraction of sp³-hybridized carbons (Fsp3) is 0.531. The number of piperazine rings is 1. The van der Waals surface area contributed by atoms with E-state index in [2.05, 4.69) is 29.4 Å². The molecular weight excluding hydrogens is 582 g/mol. The van der Waals surface area contributed by atoms with Crippen LogP contribution in [0, 0.1) is 6.92 Å². The van der Waals surface area contributed by atoms with Gasteiger partial charge in [-0.25, -0.2) is 9.59 Å². The highest BCUT2D eigenvalue weighted by molar-refractivity contribution is 6.33. The number of hydroxylamine groups is 2. The lowest BCUT2D eigenvalue weighted by Crippen LogP contribution is -2.57. The normalized spacial score (nSPS) is 19.2. The average Bonchev–Trinajstić information content (AvgIpc) is 3.17. The molecule has 2 fully saturated rings. The monoisotopic (exact) mass is 625 g/mol. The van der Waals surface area contributed by atoms with Crippen molar-refractivity contribution in [3.63, 3.8) is 0 Å². The molecule has 0 aromatic heterocycles. The number of carbonyl (C=O) groups excluding carboxylic acids is 3. The van der Waals surface area contributed by atoms with Crippen LogP contribution >= 0.6 is 11.6 Å². The number of benzene rings is 2. The Morgan fingerprint density at radius 3 is 2.45 bits per heavy atom. The van der Waals surface area contributed by atoms with E-state index in [0.29, 0.717) is 62.3 Å². The van der Waals surface area contributed by atoms with Crippen molar-refractivity contribution in [3.8, 4) is 0 Å². The number of halogens is 1. The van der Waals surface area contributed by atoms with Gasteiger partial charge in [0.05, 0.1) is 10.7 Å². The summed E-state index contributed by atoms with van der Waals surface area (Å²) in [5.41, 5.74) is 10.2. The predicted molar refractivity (Wildman–Crippen MR) is 171 cm³/mol. The molecule has 0 spiro atoms. The van der Waals surface area contributed by atoms with E-state index in [0.717, 1.165) is 41.9 Å². The molecule has 0 aliphatic carbocycles. The van der Waals surface area contributed by atoms with Crippen molar-refractivity contribution >= 4 is 41.0 Å². The van der Waals surface area contributed by atoms with Gasteiger partial charge in [0, 0.05) is 70.0 Å². The Morgan fingerprint density at radius 2 is 1.77 bits per heavy atom. The van der Waals surface area contributed by atoms with Crippen molar-refractivity contribution in [2.45, 2.75) is 64.6 Å². The molecule has 2 saturated heterocycles. The number of aryl methyl sites for hydroxylation is 1. The SMILES string of the molecule is Cc1cc(C[C@@H](NC(=O)ON2CCC(N3CCc4ccccc4NC3=O)CC2)C(=O)N2CCN(C(C)C)CC2)cc(Cl)c1N. The van der Waals surface area contributed by atoms with Crippen LogP contribution in [0.3, 0.4) is 0 Å². The highest BCUT2D eigenvalue weighted by atomic mass is 35.5. The Hall–Kier alpha value is -3.54. The van der Waals surface area contributed by atoms with E-state index >= 15 is 0 Å². The predicted octanol–water partition coefficient (Wildman–Crippen LogP) is 3.89. The molecule has 4 N–H and O–H groups in total. The maximum atomic E-state index is 13.7. The van der Waals surface area contributed by atoms with Gasteiger partial charge in [0.25, 0.3) is 0 Å². The van der Waals surface area contributed by atoms with E-state index in [4.69, 9.17) is 22.2 Å². The van der Waals surface area contributed by atoms with Gasteiger partial charge in [-0.2, -0.15) is 0 Å². The van der Waals surface area contributed by atoms with E-state index in [1.807, 2.05) is 47.1 Å². The maximum Gasteiger partial charge on any atom is 0.426 e. The van der Waals surface area contributed by atoms with E-state index in [1.165, 1.54) is 0 Å². The van der Waals surface area contributed by atoms with Crippen molar-refractivity contribution in [2.75, 3.05) is 56.9 Å². The van der Waals surface area contributed by atoms with Crippen LogP contribution in [-0.2, 0) is 22.5 Å². The summed E-state index contributed by atoms with van der Waals surface area (Å²) >= 11 is 6.35. The third-order valence-electron chi connectivity index (χ3n) is 9.00. The second-order valence-corrected chi connectivity index (χ2v) is 12.6. The lowest BCUT2D eigenvalue weighted by Gasteiger charge is -2.38. The molecule has 5 rings (SSSR count). The van der Waals surface area contributed by atoms with Crippen LogP contribution in [0.25, 0.3) is 0 Å². The van der Waals surface area contributed by atoms with Crippen LogP contribution in [0.1, 0.15) is 43.4 Å². The number of nitrogens with one attached hydrogen (secondary N) is 2. The molecule has 11 nitrogen and oxygen atoms in total. The zero-order chi connectivity index (χ0) is 31.4. The standard InChI is InChI=1S/C32H44ClN7O4/c1-21(2)37-14-16-38(17-15-37)30(41)28(20-23-18-22(3)29(34)26(33)19-23)36-32(43)44-39-11-9-25(10-12-39)40-13-8-24-6-4-5-7-27(24)35-31(40)42/h4-7,18-19,21,25,28H,8-17,20,34H2,1-3H3,(H,35,42)(H,36,43)/t28-/m1/s1. The van der Waals surface area contributed by atoms with E-state index in [-0.39, 0.29) is 24.4 Å². The Balaban J connectivity index is 1.18. The first-order valence-electron chi connectivity index (χ1n) is 15.5. The molecule has 3 aliphatic heterocycles. The van der Waals surface area contributed by atoms with E-state index in [1.54, 1.807) is 11.1 Å². The van der Waals surface area contributed by atoms with Gasteiger partial charge in [0.2, 0.25) is 5.91 Å². The van der Waals surface area contributed by atoms with Crippen LogP contribution in [0.5, 0.6) is 0 Å². The number of anilines is 2. The first-order chi connectivity index (χ1) is 21.1. The van der Waals surface area contributed by atoms with Crippen LogP contribution in [0.2, 0.25) is 5.02 Å². The zero-order valence-corrected chi connectivity index (χ0v) is 26.6. The van der Waals surface area contributed by atoms with Gasteiger partial charge in [-0.05, 0) is 68.9 Å². The number of hydrogen-bond acceptors (Lipinski definition) is 7. The lowest BCUT2D eigenvalue weighted by atomic mass is 10.0. The number of carbonyl (C=O) groups is 3.